The van der Waals surface area contributed by atoms with Gasteiger partial charge in [-0.2, -0.15) is 0 Å². The maximum Gasteiger partial charge on any atom is 0.269 e. The Hall–Kier alpha value is -4.18. The second-order valence-electron chi connectivity index (χ2n) is 7.89. The fourth-order valence-corrected chi connectivity index (χ4v) is 4.63. The van der Waals surface area contributed by atoms with E-state index in [1.54, 1.807) is 53.4 Å². The Morgan fingerprint density at radius 3 is 2.54 bits per heavy atom. The van der Waals surface area contributed by atoms with Gasteiger partial charge in [0, 0.05) is 18.7 Å². The van der Waals surface area contributed by atoms with Crippen LogP contribution in [0.3, 0.4) is 0 Å². The Morgan fingerprint density at radius 2 is 1.84 bits per heavy atom. The molecule has 1 amide bonds. The maximum atomic E-state index is 13.2. The topological polar surface area (TPSA) is 94.3 Å². The molecule has 4 rings (SSSR count). The lowest BCUT2D eigenvalue weighted by Gasteiger charge is -2.13. The number of nitro benzene ring substituents is 1. The number of rotatable bonds is 9. The van der Waals surface area contributed by atoms with Crippen LogP contribution in [0.15, 0.2) is 76.6 Å². The highest BCUT2D eigenvalue weighted by Gasteiger charge is 2.32. The number of non-ortho nitro benzene ring substituents is 1. The molecule has 0 radical (unpaired) electrons. The smallest absolute Gasteiger partial charge is 0.269 e. The van der Waals surface area contributed by atoms with Crippen molar-refractivity contribution in [3.05, 3.63) is 98.7 Å². The first-order valence-electron chi connectivity index (χ1n) is 11.6. The third kappa shape index (κ3) is 6.34. The molecule has 3 aromatic carbocycles. The summed E-state index contributed by atoms with van der Waals surface area (Å²) in [6, 6.07) is 17.3. The molecule has 1 aliphatic heterocycles. The normalized spacial score (nSPS) is 15.4. The van der Waals surface area contributed by atoms with E-state index in [2.05, 4.69) is 4.99 Å². The molecular weight excluding hydrogens is 497 g/mol. The van der Waals surface area contributed by atoms with Gasteiger partial charge >= 0.3 is 0 Å². The van der Waals surface area contributed by atoms with Crippen LogP contribution in [0.1, 0.15) is 25.0 Å². The minimum atomic E-state index is -0.449. The van der Waals surface area contributed by atoms with E-state index in [1.807, 2.05) is 13.8 Å². The molecular formula is C27H24FN3O5S. The number of nitro groups is 1. The number of carbonyl (C=O) groups excluding carboxylic acids is 1. The summed E-state index contributed by atoms with van der Waals surface area (Å²) in [6.45, 7) is 4.69. The molecule has 0 spiro atoms. The number of hydrogen-bond acceptors (Lipinski definition) is 7. The van der Waals surface area contributed by atoms with Crippen LogP contribution in [0.4, 0.5) is 15.8 Å². The van der Waals surface area contributed by atoms with Gasteiger partial charge in [-0.15, -0.1) is 0 Å². The number of likely N-dealkylation sites (N-methyl/N-ethyl adjacent to an activating group) is 1. The third-order valence-corrected chi connectivity index (χ3v) is 6.34. The van der Waals surface area contributed by atoms with Crippen molar-refractivity contribution < 1.29 is 23.6 Å². The van der Waals surface area contributed by atoms with E-state index in [1.165, 1.54) is 36.0 Å². The van der Waals surface area contributed by atoms with Crippen molar-refractivity contribution in [2.24, 2.45) is 4.99 Å². The Balaban J connectivity index is 1.55. The molecule has 1 fully saturated rings. The van der Waals surface area contributed by atoms with Crippen LogP contribution in [0.25, 0.3) is 6.08 Å². The minimum Gasteiger partial charge on any atom is -0.490 e. The van der Waals surface area contributed by atoms with Gasteiger partial charge < -0.3 is 9.47 Å². The van der Waals surface area contributed by atoms with E-state index in [0.29, 0.717) is 46.0 Å². The van der Waals surface area contributed by atoms with E-state index in [9.17, 15) is 19.3 Å². The molecule has 1 saturated heterocycles. The van der Waals surface area contributed by atoms with E-state index in [4.69, 9.17) is 9.47 Å². The van der Waals surface area contributed by atoms with Crippen molar-refractivity contribution in [2.45, 2.75) is 20.5 Å². The van der Waals surface area contributed by atoms with Gasteiger partial charge in [0.25, 0.3) is 11.6 Å². The van der Waals surface area contributed by atoms with Crippen LogP contribution in [-0.4, -0.2) is 34.0 Å². The van der Waals surface area contributed by atoms with Crippen LogP contribution in [0, 0.1) is 15.9 Å². The SMILES string of the molecule is CCOc1cc(/C=C2/SC(=Nc3ccc(F)cc3)N(CC)C2=O)ccc1OCc1cccc([N+](=O)[O-])c1. The number of benzene rings is 3. The van der Waals surface area contributed by atoms with Gasteiger partial charge in [-0.05, 0) is 79.2 Å². The fraction of sp³-hybridized carbons (Fsp3) is 0.185. The lowest BCUT2D eigenvalue weighted by molar-refractivity contribution is -0.384. The Labute approximate surface area is 217 Å². The predicted molar refractivity (Wildman–Crippen MR) is 141 cm³/mol. The highest BCUT2D eigenvalue weighted by Crippen LogP contribution is 2.36. The highest BCUT2D eigenvalue weighted by atomic mass is 32.2. The first-order valence-corrected chi connectivity index (χ1v) is 12.4. The lowest BCUT2D eigenvalue weighted by Crippen LogP contribution is -2.28. The van der Waals surface area contributed by atoms with Gasteiger partial charge in [0.05, 0.1) is 22.1 Å². The third-order valence-electron chi connectivity index (χ3n) is 5.34. The zero-order valence-corrected chi connectivity index (χ0v) is 21.0. The summed E-state index contributed by atoms with van der Waals surface area (Å²) in [5.74, 6) is 0.451. The molecule has 37 heavy (non-hydrogen) atoms. The van der Waals surface area contributed by atoms with Gasteiger partial charge in [0.1, 0.15) is 12.4 Å². The first kappa shape index (κ1) is 25.9. The minimum absolute atomic E-state index is 0.00436. The van der Waals surface area contributed by atoms with E-state index in [-0.39, 0.29) is 24.0 Å². The van der Waals surface area contributed by atoms with Crippen LogP contribution in [-0.2, 0) is 11.4 Å². The molecule has 8 nitrogen and oxygen atoms in total. The van der Waals surface area contributed by atoms with Gasteiger partial charge in [0.15, 0.2) is 16.7 Å². The number of halogens is 1. The number of aliphatic imine (C=N–C) groups is 1. The molecule has 0 unspecified atom stereocenters. The molecule has 1 aliphatic rings. The summed E-state index contributed by atoms with van der Waals surface area (Å²) in [5, 5.41) is 11.5. The number of amides is 1. The second-order valence-corrected chi connectivity index (χ2v) is 8.89. The van der Waals surface area contributed by atoms with Crippen molar-refractivity contribution in [3.63, 3.8) is 0 Å². The van der Waals surface area contributed by atoms with Crippen LogP contribution < -0.4 is 9.47 Å². The first-order chi connectivity index (χ1) is 17.9. The molecule has 190 valence electrons. The average Bonchev–Trinajstić information content (AvgIpc) is 3.18. The van der Waals surface area contributed by atoms with Crippen LogP contribution in [0.5, 0.6) is 11.5 Å². The number of carbonyl (C=O) groups is 1. The van der Waals surface area contributed by atoms with Gasteiger partial charge in [-0.25, -0.2) is 9.38 Å². The van der Waals surface area contributed by atoms with Crippen molar-refractivity contribution >= 4 is 40.3 Å². The van der Waals surface area contributed by atoms with Crippen molar-refractivity contribution in [1.82, 2.24) is 4.90 Å². The molecule has 0 N–H and O–H groups in total. The van der Waals surface area contributed by atoms with E-state index >= 15 is 0 Å². The number of hydrogen-bond donors (Lipinski definition) is 0. The van der Waals surface area contributed by atoms with Crippen molar-refractivity contribution in [1.29, 1.82) is 0 Å². The largest absolute Gasteiger partial charge is 0.490 e. The van der Waals surface area contributed by atoms with Crippen LogP contribution >= 0.6 is 11.8 Å². The molecule has 10 heteroatoms. The molecule has 0 atom stereocenters. The van der Waals surface area contributed by atoms with E-state index < -0.39 is 4.92 Å². The fourth-order valence-electron chi connectivity index (χ4n) is 3.57. The zero-order valence-electron chi connectivity index (χ0n) is 20.2. The summed E-state index contributed by atoms with van der Waals surface area (Å²) < 4.78 is 24.9. The van der Waals surface area contributed by atoms with E-state index in [0.717, 1.165) is 5.56 Å². The molecule has 3 aromatic rings. The molecule has 0 bridgehead atoms. The molecule has 0 aromatic heterocycles. The summed E-state index contributed by atoms with van der Waals surface area (Å²) >= 11 is 1.25. The number of nitrogens with zero attached hydrogens (tertiary/aromatic N) is 3. The number of amidine groups is 1. The monoisotopic (exact) mass is 521 g/mol. The maximum absolute atomic E-state index is 13.2. The Morgan fingerprint density at radius 1 is 1.05 bits per heavy atom. The van der Waals surface area contributed by atoms with Crippen LogP contribution in [0.2, 0.25) is 0 Å². The van der Waals surface area contributed by atoms with Crippen molar-refractivity contribution in [2.75, 3.05) is 13.2 Å². The molecule has 0 saturated carbocycles. The number of thioether (sulfide) groups is 1. The number of ether oxygens (including phenoxy) is 2. The molecule has 0 aliphatic carbocycles. The quantitative estimate of drug-likeness (QED) is 0.185. The summed E-state index contributed by atoms with van der Waals surface area (Å²) in [4.78, 5) is 30.2. The second kappa shape index (κ2) is 11.7. The average molecular weight is 522 g/mol. The highest BCUT2D eigenvalue weighted by molar-refractivity contribution is 8.18. The Bertz CT molecular complexity index is 1370. The molecule has 1 heterocycles. The standard InChI is InChI=1S/C27H24FN3O5S/c1-3-30-26(32)25(37-27(30)29-21-11-9-20(28)10-12-21)16-18-8-13-23(24(15-18)35-4-2)36-17-19-6-5-7-22(14-19)31(33)34/h5-16H,3-4,17H2,1-2H3/b25-16+,29-27?. The Kier molecular flexibility index (Phi) is 8.19. The van der Waals surface area contributed by atoms with Gasteiger partial charge in [-0.1, -0.05) is 18.2 Å². The predicted octanol–water partition coefficient (Wildman–Crippen LogP) is 6.34. The summed E-state index contributed by atoms with van der Waals surface area (Å²) in [6.07, 6.45) is 1.76. The summed E-state index contributed by atoms with van der Waals surface area (Å²) in [5.41, 5.74) is 1.94. The van der Waals surface area contributed by atoms with Gasteiger partial charge in [0.2, 0.25) is 0 Å². The lowest BCUT2D eigenvalue weighted by atomic mass is 10.1. The zero-order chi connectivity index (χ0) is 26.4. The summed E-state index contributed by atoms with van der Waals surface area (Å²) in [7, 11) is 0. The van der Waals surface area contributed by atoms with Gasteiger partial charge in [-0.3, -0.25) is 19.8 Å². The van der Waals surface area contributed by atoms with Crippen molar-refractivity contribution in [3.8, 4) is 11.5 Å².